The summed E-state index contributed by atoms with van der Waals surface area (Å²) in [5, 5.41) is 41.7. The molecule has 7 amide bonds. The molecule has 1 saturated heterocycles. The van der Waals surface area contributed by atoms with E-state index in [1.807, 2.05) is 5.32 Å². The second-order valence-corrected chi connectivity index (χ2v) is 14.6. The third-order valence-electron chi connectivity index (χ3n) is 9.44. The minimum atomic E-state index is -1.55. The van der Waals surface area contributed by atoms with Crippen molar-refractivity contribution in [3.8, 4) is 0 Å². The van der Waals surface area contributed by atoms with Gasteiger partial charge in [-0.05, 0) is 43.6 Å². The first-order valence-electron chi connectivity index (χ1n) is 19.6. The molecule has 0 aliphatic carbocycles. The molecular weight excluding hydrogens is 790 g/mol. The van der Waals surface area contributed by atoms with Crippen molar-refractivity contribution in [2.24, 2.45) is 5.92 Å². The molecule has 21 nitrogen and oxygen atoms in total. The van der Waals surface area contributed by atoms with Gasteiger partial charge in [-0.25, -0.2) is 0 Å². The number of aliphatic carboxylic acids is 3. The van der Waals surface area contributed by atoms with E-state index < -0.39 is 133 Å². The van der Waals surface area contributed by atoms with Crippen LogP contribution in [0.5, 0.6) is 0 Å². The molecule has 1 aromatic rings. The van der Waals surface area contributed by atoms with Gasteiger partial charge < -0.3 is 52.1 Å². The van der Waals surface area contributed by atoms with Crippen LogP contribution in [-0.4, -0.2) is 135 Å². The normalized spacial score (nSPS) is 15.9. The van der Waals surface area contributed by atoms with Gasteiger partial charge in [-0.1, -0.05) is 57.5 Å². The molecule has 1 heterocycles. The van der Waals surface area contributed by atoms with Crippen LogP contribution in [0.15, 0.2) is 30.3 Å². The van der Waals surface area contributed by atoms with Crippen LogP contribution in [0.25, 0.3) is 0 Å². The summed E-state index contributed by atoms with van der Waals surface area (Å²) in [6, 6.07) is 0.543. The molecule has 0 aromatic heterocycles. The fourth-order valence-electron chi connectivity index (χ4n) is 6.42. The second-order valence-electron chi connectivity index (χ2n) is 14.6. The lowest BCUT2D eigenvalue weighted by atomic mass is 9.99. The first-order valence-corrected chi connectivity index (χ1v) is 19.6. The maximum absolute atomic E-state index is 14.3. The summed E-state index contributed by atoms with van der Waals surface area (Å²) < 4.78 is 0. The predicted molar refractivity (Wildman–Crippen MR) is 209 cm³/mol. The highest BCUT2D eigenvalue weighted by atomic mass is 16.4. The summed E-state index contributed by atoms with van der Waals surface area (Å²) in [7, 11) is 0. The number of amides is 7. The molecule has 330 valence electrons. The zero-order valence-electron chi connectivity index (χ0n) is 34.0. The van der Waals surface area contributed by atoms with Gasteiger partial charge in [-0.15, -0.1) is 0 Å². The molecule has 6 atom stereocenters. The monoisotopic (exact) mass is 845 g/mol. The summed E-state index contributed by atoms with van der Waals surface area (Å²) >= 11 is 0. The molecule has 2 rings (SSSR count). The first kappa shape index (κ1) is 49.7. The lowest BCUT2D eigenvalue weighted by Gasteiger charge is -2.31. The van der Waals surface area contributed by atoms with Gasteiger partial charge in [0.25, 0.3) is 5.91 Å². The van der Waals surface area contributed by atoms with Crippen LogP contribution < -0.4 is 31.9 Å². The smallest absolute Gasteiger partial charge is 0.322 e. The number of rotatable bonds is 25. The van der Waals surface area contributed by atoms with Gasteiger partial charge in [0.05, 0.1) is 6.04 Å². The number of hydrogen-bond acceptors (Lipinski definition) is 11. The topological polar surface area (TPSA) is 324 Å². The average Bonchev–Trinajstić information content (AvgIpc) is 3.68. The average molecular weight is 846 g/mol. The Hall–Kier alpha value is -6.41. The Labute approximate surface area is 346 Å². The highest BCUT2D eigenvalue weighted by Crippen LogP contribution is 2.21. The molecule has 60 heavy (non-hydrogen) atoms. The van der Waals surface area contributed by atoms with E-state index >= 15 is 0 Å². The molecule has 0 radical (unpaired) electrons. The van der Waals surface area contributed by atoms with Crippen LogP contribution in [-0.2, 0) is 59.2 Å². The molecule has 1 aliphatic heterocycles. The lowest BCUT2D eigenvalue weighted by Crippen LogP contribution is -2.60. The van der Waals surface area contributed by atoms with Crippen LogP contribution in [0.2, 0.25) is 0 Å². The zero-order chi connectivity index (χ0) is 45.1. The van der Waals surface area contributed by atoms with Gasteiger partial charge in [-0.2, -0.15) is 0 Å². The number of nitrogens with zero attached hydrogens (tertiary/aromatic N) is 1. The number of carboxylic acid groups (broad SMARTS) is 3. The van der Waals surface area contributed by atoms with Crippen LogP contribution in [0.1, 0.15) is 84.6 Å². The molecule has 0 bridgehead atoms. The highest BCUT2D eigenvalue weighted by Gasteiger charge is 2.40. The Kier molecular flexibility index (Phi) is 20.3. The van der Waals surface area contributed by atoms with E-state index in [0.29, 0.717) is 18.4 Å². The number of carboxylic acids is 3. The Morgan fingerprint density at radius 1 is 0.700 bits per heavy atom. The van der Waals surface area contributed by atoms with Gasteiger partial charge in [0.1, 0.15) is 36.8 Å². The standard InChI is InChI=1S/C39H55N7O14/c1-5-10-24(33(54)38(59)40-20-31(52)53)42-36(57)28-13-9-18-46(28)39(60)27(19-23-11-7-6-8-12-23)44-37(58)32(21(2)3)45-35(56)26(15-17-30(50)51)43-34(55)25(41-22(4)47)14-16-29(48)49/h6-8,11-12,21,24-28,32H,5,9-10,13-20H2,1-4H3,(H,40,59)(H,41,47)(H,42,57)(H,43,55)(H,44,58)(H,45,56)(H,48,49)(H,50,51)(H,52,53). The molecule has 21 heteroatoms. The Balaban J connectivity index is 2.37. The third-order valence-corrected chi connectivity index (χ3v) is 9.44. The van der Waals surface area contributed by atoms with Crippen molar-refractivity contribution in [3.05, 3.63) is 35.9 Å². The fourth-order valence-corrected chi connectivity index (χ4v) is 6.42. The molecule has 9 N–H and O–H groups in total. The van der Waals surface area contributed by atoms with Gasteiger partial charge in [-0.3, -0.25) is 52.7 Å². The number of carbonyl (C=O) groups excluding carboxylic acids is 8. The van der Waals surface area contributed by atoms with Crippen LogP contribution >= 0.6 is 0 Å². The largest absolute Gasteiger partial charge is 0.481 e. The van der Waals surface area contributed by atoms with E-state index in [4.69, 9.17) is 10.2 Å². The van der Waals surface area contributed by atoms with E-state index in [2.05, 4.69) is 26.6 Å². The Morgan fingerprint density at radius 2 is 1.27 bits per heavy atom. The van der Waals surface area contributed by atoms with Gasteiger partial charge in [0.15, 0.2) is 0 Å². The number of nitrogens with one attached hydrogen (secondary N) is 6. The number of ketones is 1. The fraction of sp³-hybridized carbons (Fsp3) is 0.564. The van der Waals surface area contributed by atoms with Crippen molar-refractivity contribution in [1.82, 2.24) is 36.8 Å². The van der Waals surface area contributed by atoms with Gasteiger partial charge in [0, 0.05) is 32.7 Å². The summed E-state index contributed by atoms with van der Waals surface area (Å²) in [6.45, 7) is 5.24. The molecule has 1 aromatic carbocycles. The van der Waals surface area contributed by atoms with Crippen molar-refractivity contribution in [2.75, 3.05) is 13.1 Å². The number of Topliss-reactive ketones (excluding diaryl/α,β-unsaturated/α-hetero) is 1. The molecule has 1 fully saturated rings. The summed E-state index contributed by atoms with van der Waals surface area (Å²) in [5.41, 5.74) is 0.621. The van der Waals surface area contributed by atoms with E-state index in [-0.39, 0.29) is 32.2 Å². The Morgan fingerprint density at radius 3 is 1.80 bits per heavy atom. The maximum atomic E-state index is 14.3. The molecular formula is C39H55N7O14. The minimum Gasteiger partial charge on any atom is -0.481 e. The first-order chi connectivity index (χ1) is 28.2. The van der Waals surface area contributed by atoms with Gasteiger partial charge >= 0.3 is 17.9 Å². The molecule has 0 spiro atoms. The van der Waals surface area contributed by atoms with E-state index in [0.717, 1.165) is 6.92 Å². The SMILES string of the molecule is CCCC(NC(=O)C1CCCN1C(=O)C(Cc1ccccc1)NC(=O)C(NC(=O)C(CCC(=O)O)NC(=O)C(CCC(=O)O)NC(C)=O)C(C)C)C(=O)C(=O)NCC(=O)O. The summed E-state index contributed by atoms with van der Waals surface area (Å²) in [4.78, 5) is 140. The number of benzene rings is 1. The minimum absolute atomic E-state index is 0.0438. The van der Waals surface area contributed by atoms with Gasteiger partial charge in [0.2, 0.25) is 41.2 Å². The summed E-state index contributed by atoms with van der Waals surface area (Å²) in [6.07, 6.45) is -1.01. The summed E-state index contributed by atoms with van der Waals surface area (Å²) in [5.74, 6) is -11.7. The van der Waals surface area contributed by atoms with Crippen molar-refractivity contribution in [1.29, 1.82) is 0 Å². The van der Waals surface area contributed by atoms with Crippen molar-refractivity contribution < 1.29 is 68.1 Å². The van der Waals surface area contributed by atoms with E-state index in [1.54, 1.807) is 51.1 Å². The Bertz CT molecular complexity index is 1750. The number of carbonyl (C=O) groups is 11. The van der Waals surface area contributed by atoms with E-state index in [1.165, 1.54) is 4.90 Å². The lowest BCUT2D eigenvalue weighted by molar-refractivity contribution is -0.144. The van der Waals surface area contributed by atoms with Crippen LogP contribution in [0.3, 0.4) is 0 Å². The highest BCUT2D eigenvalue weighted by molar-refractivity contribution is 6.38. The van der Waals surface area contributed by atoms with Crippen LogP contribution in [0.4, 0.5) is 0 Å². The third kappa shape index (κ3) is 16.5. The van der Waals surface area contributed by atoms with Crippen molar-refractivity contribution in [3.63, 3.8) is 0 Å². The molecule has 6 unspecified atom stereocenters. The predicted octanol–water partition coefficient (Wildman–Crippen LogP) is -1.38. The maximum Gasteiger partial charge on any atom is 0.322 e. The van der Waals surface area contributed by atoms with Crippen molar-refractivity contribution >= 4 is 65.0 Å². The van der Waals surface area contributed by atoms with E-state index in [9.17, 15) is 57.8 Å². The zero-order valence-corrected chi connectivity index (χ0v) is 34.0. The molecule has 1 aliphatic rings. The number of likely N-dealkylation sites (tertiary alicyclic amines) is 1. The van der Waals surface area contributed by atoms with Crippen molar-refractivity contribution in [2.45, 2.75) is 122 Å². The number of hydrogen-bond donors (Lipinski definition) is 9. The molecule has 0 saturated carbocycles. The second kappa shape index (κ2) is 24.5. The van der Waals surface area contributed by atoms with Crippen LogP contribution in [0, 0.1) is 5.92 Å². The quantitative estimate of drug-likeness (QED) is 0.0513.